The lowest BCUT2D eigenvalue weighted by Gasteiger charge is -2.23. The fourth-order valence-corrected chi connectivity index (χ4v) is 3.02. The molecule has 0 spiro atoms. The molecule has 1 N–H and O–H groups in total. The predicted octanol–water partition coefficient (Wildman–Crippen LogP) is 2.86. The largest absolute Gasteiger partial charge is 0.493 e. The molecule has 116 valence electrons. The van der Waals surface area contributed by atoms with Gasteiger partial charge in [-0.3, -0.25) is 4.99 Å². The lowest BCUT2D eigenvalue weighted by molar-refractivity contribution is 0.117. The molecule has 1 aromatic rings. The summed E-state index contributed by atoms with van der Waals surface area (Å²) in [6.45, 7) is 6.44. The number of fused-ring (bicyclic) bond motifs is 3. The van der Waals surface area contributed by atoms with Crippen molar-refractivity contribution in [2.24, 2.45) is 4.99 Å². The maximum absolute atomic E-state index is 9.80. The van der Waals surface area contributed by atoms with Crippen molar-refractivity contribution in [2.45, 2.75) is 31.5 Å². The van der Waals surface area contributed by atoms with Gasteiger partial charge in [0, 0.05) is 29.7 Å². The average molecular weight is 299 g/mol. The van der Waals surface area contributed by atoms with Gasteiger partial charge in [-0.2, -0.15) is 0 Å². The Balaban J connectivity index is 2.01. The molecule has 0 saturated carbocycles. The third-order valence-corrected chi connectivity index (χ3v) is 4.02. The van der Waals surface area contributed by atoms with Gasteiger partial charge < -0.3 is 14.6 Å². The van der Waals surface area contributed by atoms with Crippen LogP contribution in [0.2, 0.25) is 0 Å². The van der Waals surface area contributed by atoms with E-state index in [1.54, 1.807) is 7.11 Å². The van der Waals surface area contributed by atoms with E-state index in [0.717, 1.165) is 28.2 Å². The minimum absolute atomic E-state index is 0.0420. The molecule has 1 heterocycles. The lowest BCUT2D eigenvalue weighted by Crippen LogP contribution is -2.27. The molecule has 22 heavy (non-hydrogen) atoms. The Labute approximate surface area is 130 Å². The second-order valence-electron chi connectivity index (χ2n) is 5.90. The van der Waals surface area contributed by atoms with Crippen LogP contribution in [0.4, 0.5) is 0 Å². The molecule has 3 atom stereocenters. The van der Waals surface area contributed by atoms with Crippen LogP contribution in [0.1, 0.15) is 30.4 Å². The van der Waals surface area contributed by atoms with Crippen molar-refractivity contribution in [2.75, 3.05) is 13.7 Å². The maximum Gasteiger partial charge on any atom is 0.166 e. The second-order valence-corrected chi connectivity index (χ2v) is 5.90. The summed E-state index contributed by atoms with van der Waals surface area (Å²) in [5, 5.41) is 9.80. The number of ether oxygens (including phenoxy) is 2. The van der Waals surface area contributed by atoms with Gasteiger partial charge in [-0.1, -0.05) is 24.3 Å². The van der Waals surface area contributed by atoms with Crippen LogP contribution in [-0.4, -0.2) is 37.2 Å². The minimum Gasteiger partial charge on any atom is -0.493 e. The van der Waals surface area contributed by atoms with Crippen LogP contribution in [0.15, 0.2) is 41.4 Å². The van der Waals surface area contributed by atoms with Crippen LogP contribution in [0.3, 0.4) is 0 Å². The van der Waals surface area contributed by atoms with Crippen LogP contribution in [0.5, 0.6) is 11.5 Å². The number of hydrogen-bond donors (Lipinski definition) is 1. The van der Waals surface area contributed by atoms with Crippen molar-refractivity contribution in [3.05, 3.63) is 47.6 Å². The third-order valence-electron chi connectivity index (χ3n) is 4.02. The number of rotatable bonds is 4. The van der Waals surface area contributed by atoms with Crippen molar-refractivity contribution in [3.8, 4) is 11.5 Å². The Morgan fingerprint density at radius 3 is 3.05 bits per heavy atom. The Kier molecular flexibility index (Phi) is 4.03. The zero-order valence-electron chi connectivity index (χ0n) is 13.0. The van der Waals surface area contributed by atoms with Crippen LogP contribution in [0, 0.1) is 0 Å². The Morgan fingerprint density at radius 2 is 2.32 bits per heavy atom. The van der Waals surface area contributed by atoms with E-state index >= 15 is 0 Å². The summed E-state index contributed by atoms with van der Waals surface area (Å²) in [4.78, 5) is 4.43. The molecular weight excluding hydrogens is 278 g/mol. The Hall–Kier alpha value is -2.07. The topological polar surface area (TPSA) is 51.0 Å². The van der Waals surface area contributed by atoms with Crippen LogP contribution in [0.25, 0.3) is 0 Å². The van der Waals surface area contributed by atoms with Crippen molar-refractivity contribution in [1.82, 2.24) is 0 Å². The summed E-state index contributed by atoms with van der Waals surface area (Å²) < 4.78 is 11.5. The summed E-state index contributed by atoms with van der Waals surface area (Å²) >= 11 is 0. The highest BCUT2D eigenvalue weighted by Gasteiger charge is 2.39. The first-order valence-corrected chi connectivity index (χ1v) is 7.48. The number of aliphatic hydroxyl groups is 1. The van der Waals surface area contributed by atoms with Gasteiger partial charge in [0.05, 0.1) is 19.8 Å². The average Bonchev–Trinajstić information content (AvgIpc) is 2.85. The minimum atomic E-state index is -0.443. The molecular formula is C18H21NO3. The van der Waals surface area contributed by atoms with Crippen LogP contribution in [-0.2, 0) is 0 Å². The van der Waals surface area contributed by atoms with E-state index in [1.807, 2.05) is 37.4 Å². The number of nitrogens with zero attached hydrogens (tertiary/aromatic N) is 1. The molecule has 1 aliphatic carbocycles. The zero-order valence-corrected chi connectivity index (χ0v) is 13.0. The van der Waals surface area contributed by atoms with Gasteiger partial charge in [0.2, 0.25) is 0 Å². The monoisotopic (exact) mass is 299 g/mol. The van der Waals surface area contributed by atoms with E-state index in [1.165, 1.54) is 0 Å². The van der Waals surface area contributed by atoms with E-state index in [4.69, 9.17) is 9.47 Å². The van der Waals surface area contributed by atoms with E-state index in [-0.39, 0.29) is 12.0 Å². The van der Waals surface area contributed by atoms with Gasteiger partial charge in [0.1, 0.15) is 6.10 Å². The number of aliphatic imine (C=N–C) groups is 1. The lowest BCUT2D eigenvalue weighted by atomic mass is 9.85. The van der Waals surface area contributed by atoms with Crippen LogP contribution < -0.4 is 9.47 Å². The fraction of sp³-hybridized carbons (Fsp3) is 0.389. The van der Waals surface area contributed by atoms with Gasteiger partial charge in [-0.05, 0) is 19.1 Å². The molecule has 0 amide bonds. The maximum atomic E-state index is 9.80. The Bertz CT molecular complexity index is 648. The van der Waals surface area contributed by atoms with Crippen molar-refractivity contribution in [1.29, 1.82) is 0 Å². The smallest absolute Gasteiger partial charge is 0.166 e. The van der Waals surface area contributed by atoms with E-state index in [2.05, 4.69) is 11.6 Å². The summed E-state index contributed by atoms with van der Waals surface area (Å²) in [6.07, 6.45) is 5.86. The summed E-state index contributed by atoms with van der Waals surface area (Å²) in [6, 6.07) is 3.91. The molecule has 1 aromatic carbocycles. The number of benzene rings is 1. The fourth-order valence-electron chi connectivity index (χ4n) is 3.02. The van der Waals surface area contributed by atoms with Gasteiger partial charge in [-0.25, -0.2) is 0 Å². The number of aliphatic hydroxyl groups excluding tert-OH is 1. The molecule has 2 aliphatic rings. The van der Waals surface area contributed by atoms with E-state index in [9.17, 15) is 5.11 Å². The molecule has 4 heteroatoms. The molecule has 0 bridgehead atoms. The summed E-state index contributed by atoms with van der Waals surface area (Å²) in [5.74, 6) is 1.64. The summed E-state index contributed by atoms with van der Waals surface area (Å²) in [5.41, 5.74) is 3.15. The molecule has 4 nitrogen and oxygen atoms in total. The number of methoxy groups -OCH3 is 1. The normalized spacial score (nSPS) is 25.7. The first-order valence-electron chi connectivity index (χ1n) is 7.48. The molecule has 0 saturated heterocycles. The molecule has 3 rings (SSSR count). The number of hydrogen-bond acceptors (Lipinski definition) is 4. The van der Waals surface area contributed by atoms with Gasteiger partial charge in [0.15, 0.2) is 11.5 Å². The van der Waals surface area contributed by atoms with Gasteiger partial charge >= 0.3 is 0 Å². The molecule has 0 radical (unpaired) electrons. The molecule has 0 fully saturated rings. The van der Waals surface area contributed by atoms with Gasteiger partial charge in [0.25, 0.3) is 0 Å². The first kappa shape index (κ1) is 14.9. The SMILES string of the molecule is C=C(C)C/N=C/c1ccc(OC)c2c1C1C=C[C@H](O)C[C@@H]1O2. The molecule has 0 aromatic heterocycles. The van der Waals surface area contributed by atoms with E-state index < -0.39 is 6.10 Å². The van der Waals surface area contributed by atoms with Gasteiger partial charge in [-0.15, -0.1) is 0 Å². The standard InChI is InChI=1S/C18H21NO3/c1-11(2)9-19-10-12-4-7-15(21-3)18-17(12)14-6-5-13(20)8-16(14)22-18/h4-7,10,13-14,16,20H,1,8-9H2,2-3H3/b19-10+/t13-,14?,16-/m0/s1. The third kappa shape index (κ3) is 2.66. The summed E-state index contributed by atoms with van der Waals surface area (Å²) in [7, 11) is 1.64. The molecule has 1 aliphatic heterocycles. The van der Waals surface area contributed by atoms with Crippen molar-refractivity contribution < 1.29 is 14.6 Å². The molecule has 1 unspecified atom stereocenters. The van der Waals surface area contributed by atoms with Crippen LogP contribution >= 0.6 is 0 Å². The van der Waals surface area contributed by atoms with E-state index in [0.29, 0.717) is 13.0 Å². The quantitative estimate of drug-likeness (QED) is 0.687. The first-order chi connectivity index (χ1) is 10.6. The zero-order chi connectivity index (χ0) is 15.7. The predicted molar refractivity (Wildman–Crippen MR) is 87.2 cm³/mol. The van der Waals surface area contributed by atoms with Crippen molar-refractivity contribution >= 4 is 6.21 Å². The second kappa shape index (κ2) is 5.97. The van der Waals surface area contributed by atoms with Crippen molar-refractivity contribution in [3.63, 3.8) is 0 Å². The Morgan fingerprint density at radius 1 is 1.50 bits per heavy atom. The highest BCUT2D eigenvalue weighted by molar-refractivity contribution is 5.85. The highest BCUT2D eigenvalue weighted by atomic mass is 16.5. The highest BCUT2D eigenvalue weighted by Crippen LogP contribution is 2.48.